The maximum absolute atomic E-state index is 13.8. The summed E-state index contributed by atoms with van der Waals surface area (Å²) < 4.78 is 27.6. The molecule has 2 rings (SSSR count). The fourth-order valence-corrected chi connectivity index (χ4v) is 2.74. The van der Waals surface area contributed by atoms with E-state index in [1.165, 1.54) is 18.2 Å². The summed E-state index contributed by atoms with van der Waals surface area (Å²) in [6.07, 6.45) is 4.23. The van der Waals surface area contributed by atoms with Crippen LogP contribution in [0.4, 0.5) is 8.78 Å². The molecule has 1 atom stereocenters. The van der Waals surface area contributed by atoms with Gasteiger partial charge in [0.15, 0.2) is 0 Å². The molecule has 0 saturated heterocycles. The Labute approximate surface area is 106 Å². The van der Waals surface area contributed by atoms with E-state index in [1.54, 1.807) is 6.92 Å². The van der Waals surface area contributed by atoms with Gasteiger partial charge in [0.2, 0.25) is 0 Å². The van der Waals surface area contributed by atoms with Crippen LogP contribution in [0.2, 0.25) is 0 Å². The van der Waals surface area contributed by atoms with Crippen LogP contribution in [0.25, 0.3) is 0 Å². The summed E-state index contributed by atoms with van der Waals surface area (Å²) in [5.74, 6) is -1.23. The van der Waals surface area contributed by atoms with Gasteiger partial charge in [0.1, 0.15) is 11.6 Å². The molecule has 4 heteroatoms. The minimum absolute atomic E-state index is 0.0700. The fourth-order valence-electron chi connectivity index (χ4n) is 2.74. The fraction of sp³-hybridized carbons (Fsp3) is 0.571. The number of benzene rings is 1. The summed E-state index contributed by atoms with van der Waals surface area (Å²) in [4.78, 5) is 0. The zero-order valence-electron chi connectivity index (χ0n) is 10.5. The standard InChI is InChI=1S/C14H19F2NO/c1-14(9-18,17-10-5-2-3-6-10)13-11(15)7-4-8-12(13)16/h4,7-8,10,17-18H,2-3,5-6,9H2,1H3. The number of hydrogen-bond acceptors (Lipinski definition) is 2. The molecule has 0 bridgehead atoms. The van der Waals surface area contributed by atoms with Gasteiger partial charge in [-0.25, -0.2) is 8.78 Å². The van der Waals surface area contributed by atoms with Crippen LogP contribution in [0.1, 0.15) is 38.2 Å². The molecule has 0 aliphatic heterocycles. The van der Waals surface area contributed by atoms with Gasteiger partial charge < -0.3 is 10.4 Å². The SMILES string of the molecule is CC(CO)(NC1CCCC1)c1c(F)cccc1F. The third-order valence-electron chi connectivity index (χ3n) is 3.71. The summed E-state index contributed by atoms with van der Waals surface area (Å²) in [7, 11) is 0. The summed E-state index contributed by atoms with van der Waals surface area (Å²) in [5, 5.41) is 12.8. The summed E-state index contributed by atoms with van der Waals surface area (Å²) in [6, 6.07) is 4.01. The third kappa shape index (κ3) is 2.54. The predicted molar refractivity (Wildman–Crippen MR) is 66.2 cm³/mol. The summed E-state index contributed by atoms with van der Waals surface area (Å²) in [6.45, 7) is 1.31. The first-order valence-corrected chi connectivity index (χ1v) is 6.40. The van der Waals surface area contributed by atoms with Crippen LogP contribution >= 0.6 is 0 Å². The molecule has 18 heavy (non-hydrogen) atoms. The van der Waals surface area contributed by atoms with Gasteiger partial charge in [-0.3, -0.25) is 0 Å². The van der Waals surface area contributed by atoms with Gasteiger partial charge >= 0.3 is 0 Å². The molecule has 0 aromatic heterocycles. The number of aliphatic hydroxyl groups excluding tert-OH is 1. The Morgan fingerprint density at radius 3 is 2.33 bits per heavy atom. The average molecular weight is 255 g/mol. The van der Waals surface area contributed by atoms with Crippen LogP contribution in [0.3, 0.4) is 0 Å². The molecule has 2 N–H and O–H groups in total. The van der Waals surface area contributed by atoms with Crippen LogP contribution < -0.4 is 5.32 Å². The van der Waals surface area contributed by atoms with Crippen molar-refractivity contribution in [3.63, 3.8) is 0 Å². The van der Waals surface area contributed by atoms with Crippen molar-refractivity contribution in [2.24, 2.45) is 0 Å². The van der Waals surface area contributed by atoms with Crippen LogP contribution in [0.5, 0.6) is 0 Å². The highest BCUT2D eigenvalue weighted by Crippen LogP contribution is 2.29. The Hall–Kier alpha value is -1.00. The van der Waals surface area contributed by atoms with Gasteiger partial charge in [0, 0.05) is 11.6 Å². The highest BCUT2D eigenvalue weighted by molar-refractivity contribution is 5.28. The van der Waals surface area contributed by atoms with Crippen LogP contribution in [-0.4, -0.2) is 17.8 Å². The van der Waals surface area contributed by atoms with Gasteiger partial charge in [-0.15, -0.1) is 0 Å². The second-order valence-electron chi connectivity index (χ2n) is 5.21. The Morgan fingerprint density at radius 1 is 1.28 bits per heavy atom. The second kappa shape index (κ2) is 5.33. The molecule has 1 aliphatic carbocycles. The van der Waals surface area contributed by atoms with Crippen molar-refractivity contribution in [3.05, 3.63) is 35.4 Å². The number of nitrogens with one attached hydrogen (secondary N) is 1. The molecule has 1 aliphatic rings. The molecule has 1 saturated carbocycles. The Bertz CT molecular complexity index is 398. The van der Waals surface area contributed by atoms with Crippen molar-refractivity contribution in [1.82, 2.24) is 5.32 Å². The topological polar surface area (TPSA) is 32.3 Å². The van der Waals surface area contributed by atoms with E-state index in [-0.39, 0.29) is 18.2 Å². The number of hydrogen-bond donors (Lipinski definition) is 2. The van der Waals surface area contributed by atoms with Crippen molar-refractivity contribution in [2.75, 3.05) is 6.61 Å². The first kappa shape index (κ1) is 13.4. The Balaban J connectivity index is 2.30. The van der Waals surface area contributed by atoms with Crippen LogP contribution in [0, 0.1) is 11.6 Å². The maximum Gasteiger partial charge on any atom is 0.131 e. The highest BCUT2D eigenvalue weighted by Gasteiger charge is 2.34. The van der Waals surface area contributed by atoms with Crippen LogP contribution in [-0.2, 0) is 5.54 Å². The normalized spacial score (nSPS) is 20.0. The van der Waals surface area contributed by atoms with E-state index in [9.17, 15) is 13.9 Å². The molecular formula is C14H19F2NO. The molecule has 1 fully saturated rings. The molecule has 1 aromatic rings. The predicted octanol–water partition coefficient (Wildman–Crippen LogP) is 2.70. The lowest BCUT2D eigenvalue weighted by atomic mass is 9.90. The van der Waals surface area contributed by atoms with Gasteiger partial charge in [-0.2, -0.15) is 0 Å². The second-order valence-corrected chi connectivity index (χ2v) is 5.21. The smallest absolute Gasteiger partial charge is 0.131 e. The molecular weight excluding hydrogens is 236 g/mol. The zero-order chi connectivity index (χ0) is 13.2. The molecule has 0 amide bonds. The maximum atomic E-state index is 13.8. The lowest BCUT2D eigenvalue weighted by molar-refractivity contribution is 0.153. The van der Waals surface area contributed by atoms with E-state index in [1.807, 2.05) is 0 Å². The third-order valence-corrected chi connectivity index (χ3v) is 3.71. The summed E-state index contributed by atoms with van der Waals surface area (Å²) in [5.41, 5.74) is -1.14. The van der Waals surface area contributed by atoms with Crippen molar-refractivity contribution in [2.45, 2.75) is 44.2 Å². The van der Waals surface area contributed by atoms with Crippen molar-refractivity contribution < 1.29 is 13.9 Å². The van der Waals surface area contributed by atoms with E-state index in [0.717, 1.165) is 25.7 Å². The van der Waals surface area contributed by atoms with E-state index in [0.29, 0.717) is 0 Å². The highest BCUT2D eigenvalue weighted by atomic mass is 19.1. The lowest BCUT2D eigenvalue weighted by Crippen LogP contribution is -2.48. The Kier molecular flexibility index (Phi) is 3.97. The lowest BCUT2D eigenvalue weighted by Gasteiger charge is -2.33. The summed E-state index contributed by atoms with van der Waals surface area (Å²) >= 11 is 0. The minimum atomic E-state index is -1.07. The van der Waals surface area contributed by atoms with Crippen molar-refractivity contribution in [3.8, 4) is 0 Å². The first-order chi connectivity index (χ1) is 8.57. The van der Waals surface area contributed by atoms with E-state index in [4.69, 9.17) is 0 Å². The molecule has 2 nitrogen and oxygen atoms in total. The molecule has 1 aromatic carbocycles. The number of halogens is 2. The van der Waals surface area contributed by atoms with Gasteiger partial charge in [-0.05, 0) is 31.9 Å². The molecule has 0 spiro atoms. The van der Waals surface area contributed by atoms with Crippen molar-refractivity contribution >= 4 is 0 Å². The van der Waals surface area contributed by atoms with Gasteiger partial charge in [0.25, 0.3) is 0 Å². The molecule has 100 valence electrons. The number of aliphatic hydroxyl groups is 1. The molecule has 1 unspecified atom stereocenters. The molecule has 0 radical (unpaired) electrons. The van der Waals surface area contributed by atoms with Crippen molar-refractivity contribution in [1.29, 1.82) is 0 Å². The van der Waals surface area contributed by atoms with Crippen LogP contribution in [0.15, 0.2) is 18.2 Å². The zero-order valence-corrected chi connectivity index (χ0v) is 10.5. The van der Waals surface area contributed by atoms with E-state index < -0.39 is 17.2 Å². The monoisotopic (exact) mass is 255 g/mol. The number of rotatable bonds is 4. The Morgan fingerprint density at radius 2 is 1.83 bits per heavy atom. The van der Waals surface area contributed by atoms with E-state index in [2.05, 4.69) is 5.32 Å². The minimum Gasteiger partial charge on any atom is -0.394 e. The van der Waals surface area contributed by atoms with Gasteiger partial charge in [-0.1, -0.05) is 18.9 Å². The van der Waals surface area contributed by atoms with Gasteiger partial charge in [0.05, 0.1) is 12.1 Å². The quantitative estimate of drug-likeness (QED) is 0.867. The largest absolute Gasteiger partial charge is 0.394 e. The molecule has 0 heterocycles. The van der Waals surface area contributed by atoms with E-state index >= 15 is 0 Å². The first-order valence-electron chi connectivity index (χ1n) is 6.40. The average Bonchev–Trinajstić information content (AvgIpc) is 2.81.